The van der Waals surface area contributed by atoms with Gasteiger partial charge in [-0.2, -0.15) is 8.78 Å². The van der Waals surface area contributed by atoms with Crippen LogP contribution in [0.25, 0.3) is 0 Å². The van der Waals surface area contributed by atoms with Gasteiger partial charge in [0.15, 0.2) is 0 Å². The first-order chi connectivity index (χ1) is 9.54. The summed E-state index contributed by atoms with van der Waals surface area (Å²) in [5.41, 5.74) is 6.62. The normalized spacial score (nSPS) is 16.0. The van der Waals surface area contributed by atoms with Gasteiger partial charge in [-0.15, -0.1) is 0 Å². The van der Waals surface area contributed by atoms with Crippen LogP contribution in [0.1, 0.15) is 18.4 Å². The molecule has 0 heterocycles. The summed E-state index contributed by atoms with van der Waals surface area (Å²) in [5.74, 6) is 0.504. The molecule has 1 aliphatic rings. The van der Waals surface area contributed by atoms with Gasteiger partial charge in [0, 0.05) is 12.6 Å². The van der Waals surface area contributed by atoms with E-state index in [1.165, 1.54) is 12.1 Å². The second kappa shape index (κ2) is 6.65. The van der Waals surface area contributed by atoms with Crippen molar-refractivity contribution in [2.45, 2.75) is 31.9 Å². The van der Waals surface area contributed by atoms with E-state index in [-0.39, 0.29) is 24.1 Å². The molecule has 0 bridgehead atoms. The van der Waals surface area contributed by atoms with Crippen LogP contribution in [-0.2, 0) is 11.2 Å². The van der Waals surface area contributed by atoms with Gasteiger partial charge in [0.25, 0.3) is 0 Å². The average Bonchev–Trinajstić information content (AvgIpc) is 3.22. The van der Waals surface area contributed by atoms with Crippen LogP contribution in [0.15, 0.2) is 24.3 Å². The Kier molecular flexibility index (Phi) is 4.89. The summed E-state index contributed by atoms with van der Waals surface area (Å²) in [5, 5.41) is 2.78. The Morgan fingerprint density at radius 2 is 2.00 bits per heavy atom. The Labute approximate surface area is 116 Å². The number of nitrogens with two attached hydrogens (primary N) is 1. The molecule has 1 amide bonds. The zero-order valence-electron chi connectivity index (χ0n) is 11.0. The summed E-state index contributed by atoms with van der Waals surface area (Å²) in [6, 6.07) is 6.06. The molecular weight excluding hydrogens is 266 g/mol. The summed E-state index contributed by atoms with van der Waals surface area (Å²) >= 11 is 0. The molecule has 20 heavy (non-hydrogen) atoms. The van der Waals surface area contributed by atoms with Crippen LogP contribution in [0.5, 0.6) is 5.75 Å². The van der Waals surface area contributed by atoms with Gasteiger partial charge in [0.05, 0.1) is 6.42 Å². The lowest BCUT2D eigenvalue weighted by molar-refractivity contribution is -0.120. The molecule has 1 aromatic carbocycles. The Hall–Kier alpha value is -1.69. The van der Waals surface area contributed by atoms with Gasteiger partial charge in [-0.05, 0) is 36.5 Å². The van der Waals surface area contributed by atoms with Crippen molar-refractivity contribution in [2.75, 3.05) is 6.54 Å². The first-order valence-corrected chi connectivity index (χ1v) is 6.60. The van der Waals surface area contributed by atoms with E-state index in [1.807, 2.05) is 0 Å². The molecule has 0 saturated heterocycles. The standard InChI is InChI=1S/C14H18F2N2O2/c15-14(16)20-11-5-1-9(2-6-11)7-13(19)18-8-12(17)10-3-4-10/h1-2,5-6,10,12,14H,3-4,7-8,17H2,(H,18,19). The summed E-state index contributed by atoms with van der Waals surface area (Å²) in [4.78, 5) is 11.7. The molecular formula is C14H18F2N2O2. The largest absolute Gasteiger partial charge is 0.435 e. The van der Waals surface area contributed by atoms with E-state index in [4.69, 9.17) is 5.73 Å². The van der Waals surface area contributed by atoms with E-state index in [1.54, 1.807) is 12.1 Å². The fourth-order valence-corrected chi connectivity index (χ4v) is 1.96. The zero-order valence-corrected chi connectivity index (χ0v) is 11.0. The number of hydrogen-bond donors (Lipinski definition) is 2. The van der Waals surface area contributed by atoms with Gasteiger partial charge >= 0.3 is 6.61 Å². The molecule has 1 aromatic rings. The zero-order chi connectivity index (χ0) is 14.5. The number of ether oxygens (including phenoxy) is 1. The van der Waals surface area contributed by atoms with E-state index in [9.17, 15) is 13.6 Å². The van der Waals surface area contributed by atoms with Crippen molar-refractivity contribution in [3.05, 3.63) is 29.8 Å². The van der Waals surface area contributed by atoms with Crippen molar-refractivity contribution in [1.29, 1.82) is 0 Å². The Balaban J connectivity index is 1.75. The predicted octanol–water partition coefficient (Wildman–Crippen LogP) is 1.68. The molecule has 110 valence electrons. The maximum atomic E-state index is 12.0. The topological polar surface area (TPSA) is 64.3 Å². The smallest absolute Gasteiger partial charge is 0.387 e. The highest BCUT2D eigenvalue weighted by atomic mass is 19.3. The maximum absolute atomic E-state index is 12.0. The molecule has 0 aliphatic heterocycles. The number of hydrogen-bond acceptors (Lipinski definition) is 3. The van der Waals surface area contributed by atoms with Crippen LogP contribution >= 0.6 is 0 Å². The monoisotopic (exact) mass is 284 g/mol. The van der Waals surface area contributed by atoms with Gasteiger partial charge in [-0.3, -0.25) is 4.79 Å². The summed E-state index contributed by atoms with van der Waals surface area (Å²) in [7, 11) is 0. The third kappa shape index (κ3) is 4.77. The first kappa shape index (κ1) is 14.7. The molecule has 1 atom stereocenters. The number of nitrogens with one attached hydrogen (secondary N) is 1. The second-order valence-electron chi connectivity index (χ2n) is 5.00. The van der Waals surface area contributed by atoms with Crippen LogP contribution in [0.2, 0.25) is 0 Å². The Morgan fingerprint density at radius 3 is 2.55 bits per heavy atom. The van der Waals surface area contributed by atoms with E-state index in [0.29, 0.717) is 12.5 Å². The highest BCUT2D eigenvalue weighted by Crippen LogP contribution is 2.31. The van der Waals surface area contributed by atoms with Crippen molar-refractivity contribution < 1.29 is 18.3 Å². The van der Waals surface area contributed by atoms with Gasteiger partial charge in [0.2, 0.25) is 5.91 Å². The van der Waals surface area contributed by atoms with Gasteiger partial charge < -0.3 is 15.8 Å². The number of amides is 1. The third-order valence-electron chi connectivity index (χ3n) is 3.28. The van der Waals surface area contributed by atoms with Crippen LogP contribution in [0.3, 0.4) is 0 Å². The lowest BCUT2D eigenvalue weighted by Gasteiger charge is -2.11. The summed E-state index contributed by atoms with van der Waals surface area (Å²) in [6.07, 6.45) is 2.48. The molecule has 1 saturated carbocycles. The van der Waals surface area contributed by atoms with Crippen LogP contribution < -0.4 is 15.8 Å². The minimum absolute atomic E-state index is 0.0285. The molecule has 2 rings (SSSR count). The lowest BCUT2D eigenvalue weighted by atomic mass is 10.1. The van der Waals surface area contributed by atoms with Crippen molar-refractivity contribution in [1.82, 2.24) is 5.32 Å². The van der Waals surface area contributed by atoms with Crippen LogP contribution in [-0.4, -0.2) is 25.1 Å². The van der Waals surface area contributed by atoms with Crippen molar-refractivity contribution in [3.63, 3.8) is 0 Å². The van der Waals surface area contributed by atoms with Gasteiger partial charge in [-0.1, -0.05) is 12.1 Å². The predicted molar refractivity (Wildman–Crippen MR) is 70.5 cm³/mol. The molecule has 4 nitrogen and oxygen atoms in total. The fourth-order valence-electron chi connectivity index (χ4n) is 1.96. The Morgan fingerprint density at radius 1 is 1.35 bits per heavy atom. The first-order valence-electron chi connectivity index (χ1n) is 6.60. The average molecular weight is 284 g/mol. The molecule has 1 unspecified atom stereocenters. The highest BCUT2D eigenvalue weighted by Gasteiger charge is 2.28. The quantitative estimate of drug-likeness (QED) is 0.800. The van der Waals surface area contributed by atoms with E-state index >= 15 is 0 Å². The molecule has 1 fully saturated rings. The molecule has 0 spiro atoms. The second-order valence-corrected chi connectivity index (χ2v) is 5.00. The lowest BCUT2D eigenvalue weighted by Crippen LogP contribution is -2.39. The minimum Gasteiger partial charge on any atom is -0.435 e. The number of carbonyl (C=O) groups excluding carboxylic acids is 1. The Bertz CT molecular complexity index is 447. The summed E-state index contributed by atoms with van der Waals surface area (Å²) in [6.45, 7) is -2.36. The van der Waals surface area contributed by atoms with Crippen LogP contribution in [0, 0.1) is 5.92 Å². The van der Waals surface area contributed by atoms with Crippen molar-refractivity contribution in [2.24, 2.45) is 11.7 Å². The van der Waals surface area contributed by atoms with Crippen LogP contribution in [0.4, 0.5) is 8.78 Å². The van der Waals surface area contributed by atoms with Crippen molar-refractivity contribution >= 4 is 5.91 Å². The summed E-state index contributed by atoms with van der Waals surface area (Å²) < 4.78 is 28.2. The molecule has 1 aliphatic carbocycles. The minimum atomic E-state index is -2.84. The van der Waals surface area contributed by atoms with Gasteiger partial charge in [0.1, 0.15) is 5.75 Å². The van der Waals surface area contributed by atoms with E-state index in [0.717, 1.165) is 18.4 Å². The molecule has 0 radical (unpaired) electrons. The number of rotatable bonds is 7. The highest BCUT2D eigenvalue weighted by molar-refractivity contribution is 5.78. The number of alkyl halides is 2. The van der Waals surface area contributed by atoms with Crippen molar-refractivity contribution in [3.8, 4) is 5.75 Å². The van der Waals surface area contributed by atoms with E-state index in [2.05, 4.69) is 10.1 Å². The van der Waals surface area contributed by atoms with E-state index < -0.39 is 6.61 Å². The number of carbonyl (C=O) groups is 1. The SMILES string of the molecule is NC(CNC(=O)Cc1ccc(OC(F)F)cc1)C1CC1. The molecule has 3 N–H and O–H groups in total. The number of halogens is 2. The molecule has 6 heteroatoms. The fraction of sp³-hybridized carbons (Fsp3) is 0.500. The maximum Gasteiger partial charge on any atom is 0.387 e. The third-order valence-corrected chi connectivity index (χ3v) is 3.28. The molecule has 0 aromatic heterocycles. The number of benzene rings is 1. The van der Waals surface area contributed by atoms with Gasteiger partial charge in [-0.25, -0.2) is 0 Å².